The molecule has 6 heteroatoms. The molecule has 0 bridgehead atoms. The van der Waals surface area contributed by atoms with Crippen LogP contribution in [0.25, 0.3) is 0 Å². The van der Waals surface area contributed by atoms with Crippen LogP contribution in [-0.4, -0.2) is 53.7 Å². The number of hydrogen-bond acceptors (Lipinski definition) is 3. The number of amides is 3. The van der Waals surface area contributed by atoms with Crippen molar-refractivity contribution in [3.8, 4) is 0 Å². The van der Waals surface area contributed by atoms with Crippen LogP contribution in [0.3, 0.4) is 0 Å². The van der Waals surface area contributed by atoms with Crippen molar-refractivity contribution in [2.24, 2.45) is 23.2 Å². The molecule has 6 nitrogen and oxygen atoms in total. The van der Waals surface area contributed by atoms with Crippen LogP contribution in [0.1, 0.15) is 64.2 Å². The summed E-state index contributed by atoms with van der Waals surface area (Å²) in [6.45, 7) is 12.7. The Morgan fingerprint density at radius 3 is 2.26 bits per heavy atom. The maximum Gasteiger partial charge on any atom is 0.255 e. The summed E-state index contributed by atoms with van der Waals surface area (Å²) >= 11 is 0. The van der Waals surface area contributed by atoms with Gasteiger partial charge >= 0.3 is 0 Å². The van der Waals surface area contributed by atoms with Crippen LogP contribution >= 0.6 is 0 Å². The number of benzene rings is 1. The molecule has 2 aliphatic heterocycles. The Bertz CT molecular complexity index is 820. The lowest BCUT2D eigenvalue weighted by atomic mass is 9.90. The van der Waals surface area contributed by atoms with E-state index in [2.05, 4.69) is 19.2 Å². The van der Waals surface area contributed by atoms with Crippen LogP contribution in [0.4, 0.5) is 5.69 Å². The molecule has 0 aromatic heterocycles. The molecule has 3 unspecified atom stereocenters. The lowest BCUT2D eigenvalue weighted by Crippen LogP contribution is -2.47. The van der Waals surface area contributed by atoms with Crippen LogP contribution < -0.4 is 5.32 Å². The van der Waals surface area contributed by atoms with Gasteiger partial charge in [0, 0.05) is 31.6 Å². The number of piperidine rings is 2. The summed E-state index contributed by atoms with van der Waals surface area (Å²) in [6, 6.07) is 7.26. The topological polar surface area (TPSA) is 69.7 Å². The highest BCUT2D eigenvalue weighted by molar-refractivity contribution is 6.04. The van der Waals surface area contributed by atoms with Crippen molar-refractivity contribution >= 4 is 23.4 Å². The second kappa shape index (κ2) is 9.41. The predicted octanol–water partition coefficient (Wildman–Crippen LogP) is 4.03. The van der Waals surface area contributed by atoms with Crippen molar-refractivity contribution in [2.45, 2.75) is 53.9 Å². The average molecular weight is 428 g/mol. The highest BCUT2D eigenvalue weighted by Gasteiger charge is 2.34. The third kappa shape index (κ3) is 5.66. The van der Waals surface area contributed by atoms with Crippen molar-refractivity contribution in [3.05, 3.63) is 29.8 Å². The number of nitrogens with zero attached hydrogens (tertiary/aromatic N) is 2. The summed E-state index contributed by atoms with van der Waals surface area (Å²) in [7, 11) is 0. The molecular weight excluding hydrogens is 390 g/mol. The van der Waals surface area contributed by atoms with E-state index in [0.717, 1.165) is 32.4 Å². The fourth-order valence-corrected chi connectivity index (χ4v) is 4.86. The van der Waals surface area contributed by atoms with Crippen LogP contribution in [0, 0.1) is 23.2 Å². The van der Waals surface area contributed by atoms with Crippen molar-refractivity contribution in [3.63, 3.8) is 0 Å². The van der Waals surface area contributed by atoms with E-state index >= 15 is 0 Å². The number of anilines is 1. The fourth-order valence-electron chi connectivity index (χ4n) is 4.86. The molecule has 3 amide bonds. The highest BCUT2D eigenvalue weighted by Crippen LogP contribution is 2.27. The first kappa shape index (κ1) is 23.3. The Labute approximate surface area is 186 Å². The Morgan fingerprint density at radius 2 is 1.61 bits per heavy atom. The van der Waals surface area contributed by atoms with E-state index in [1.54, 1.807) is 17.0 Å². The van der Waals surface area contributed by atoms with Gasteiger partial charge in [0.2, 0.25) is 11.8 Å². The second-order valence-electron chi connectivity index (χ2n) is 10.5. The van der Waals surface area contributed by atoms with E-state index < -0.39 is 5.41 Å². The maximum atomic E-state index is 13.2. The van der Waals surface area contributed by atoms with E-state index in [1.165, 1.54) is 0 Å². The van der Waals surface area contributed by atoms with Gasteiger partial charge in [-0.3, -0.25) is 14.4 Å². The number of carbonyl (C=O) groups excluding carboxylic acids is 3. The summed E-state index contributed by atoms with van der Waals surface area (Å²) in [4.78, 5) is 42.7. The van der Waals surface area contributed by atoms with Gasteiger partial charge in [-0.25, -0.2) is 0 Å². The molecule has 0 spiro atoms. The smallest absolute Gasteiger partial charge is 0.255 e. The van der Waals surface area contributed by atoms with Gasteiger partial charge in [-0.15, -0.1) is 0 Å². The van der Waals surface area contributed by atoms with Crippen LogP contribution in [0.2, 0.25) is 0 Å². The predicted molar refractivity (Wildman–Crippen MR) is 123 cm³/mol. The number of nitrogens with one attached hydrogen (secondary N) is 1. The lowest BCUT2D eigenvalue weighted by molar-refractivity contribution is -0.142. The Morgan fingerprint density at radius 1 is 0.968 bits per heavy atom. The Balaban J connectivity index is 1.71. The van der Waals surface area contributed by atoms with Crippen LogP contribution in [-0.2, 0) is 9.59 Å². The van der Waals surface area contributed by atoms with Crippen molar-refractivity contribution in [1.29, 1.82) is 0 Å². The minimum Gasteiger partial charge on any atom is -0.341 e. The minimum absolute atomic E-state index is 0.0255. The van der Waals surface area contributed by atoms with Gasteiger partial charge in [0.05, 0.1) is 17.2 Å². The SMILES string of the molecule is CC1CC(C)CN(C(=O)c2ccccc2NC(=O)C2CCCN(C(=O)C(C)(C)C)C2)C1. The molecule has 0 aliphatic carbocycles. The average Bonchev–Trinajstić information content (AvgIpc) is 2.71. The number of para-hydroxylation sites is 1. The summed E-state index contributed by atoms with van der Waals surface area (Å²) in [6.07, 6.45) is 2.69. The van der Waals surface area contributed by atoms with Gasteiger partial charge in [-0.1, -0.05) is 46.8 Å². The van der Waals surface area contributed by atoms with Gasteiger partial charge < -0.3 is 15.1 Å². The molecule has 1 aromatic rings. The van der Waals surface area contributed by atoms with Gasteiger partial charge in [-0.2, -0.15) is 0 Å². The van der Waals surface area contributed by atoms with E-state index in [1.807, 2.05) is 37.8 Å². The van der Waals surface area contributed by atoms with Crippen LogP contribution in [0.15, 0.2) is 24.3 Å². The zero-order valence-corrected chi connectivity index (χ0v) is 19.6. The van der Waals surface area contributed by atoms with Gasteiger partial charge in [0.1, 0.15) is 0 Å². The van der Waals surface area contributed by atoms with Crippen LogP contribution in [0.5, 0.6) is 0 Å². The normalized spacial score (nSPS) is 24.6. The standard InChI is InChI=1S/C25H37N3O3/c1-17-13-18(2)15-28(14-17)23(30)20-10-6-7-11-21(20)26-22(29)19-9-8-12-27(16-19)24(31)25(3,4)5/h6-7,10-11,17-19H,8-9,12-16H2,1-5H3,(H,26,29). The molecule has 1 N–H and O–H groups in total. The van der Waals surface area contributed by atoms with E-state index in [0.29, 0.717) is 36.2 Å². The number of hydrogen-bond donors (Lipinski definition) is 1. The number of likely N-dealkylation sites (tertiary alicyclic amines) is 2. The molecular formula is C25H37N3O3. The largest absolute Gasteiger partial charge is 0.341 e. The van der Waals surface area contributed by atoms with E-state index in [4.69, 9.17) is 0 Å². The third-order valence-electron chi connectivity index (χ3n) is 6.29. The second-order valence-corrected chi connectivity index (χ2v) is 10.5. The molecule has 0 saturated carbocycles. The minimum atomic E-state index is -0.458. The molecule has 2 fully saturated rings. The van der Waals surface area contributed by atoms with Gasteiger partial charge in [0.25, 0.3) is 5.91 Å². The summed E-state index contributed by atoms with van der Waals surface area (Å²) < 4.78 is 0. The van der Waals surface area contributed by atoms with Gasteiger partial charge in [0.15, 0.2) is 0 Å². The quantitative estimate of drug-likeness (QED) is 0.792. The van der Waals surface area contributed by atoms with E-state index in [-0.39, 0.29) is 23.6 Å². The first-order valence-electron chi connectivity index (χ1n) is 11.5. The number of rotatable bonds is 3. The molecule has 2 saturated heterocycles. The molecule has 31 heavy (non-hydrogen) atoms. The molecule has 170 valence electrons. The highest BCUT2D eigenvalue weighted by atomic mass is 16.2. The van der Waals surface area contributed by atoms with Crippen molar-refractivity contribution < 1.29 is 14.4 Å². The molecule has 2 heterocycles. The van der Waals surface area contributed by atoms with E-state index in [9.17, 15) is 14.4 Å². The molecule has 3 atom stereocenters. The summed E-state index contributed by atoms with van der Waals surface area (Å²) in [5.41, 5.74) is 0.637. The molecule has 0 radical (unpaired) electrons. The Kier molecular flexibility index (Phi) is 7.07. The zero-order valence-electron chi connectivity index (χ0n) is 19.6. The zero-order chi connectivity index (χ0) is 22.8. The fraction of sp³-hybridized carbons (Fsp3) is 0.640. The van der Waals surface area contributed by atoms with Crippen molar-refractivity contribution in [1.82, 2.24) is 9.80 Å². The van der Waals surface area contributed by atoms with Crippen molar-refractivity contribution in [2.75, 3.05) is 31.5 Å². The first-order chi connectivity index (χ1) is 14.6. The summed E-state index contributed by atoms with van der Waals surface area (Å²) in [5.74, 6) is 0.618. The third-order valence-corrected chi connectivity index (χ3v) is 6.29. The molecule has 3 rings (SSSR count). The monoisotopic (exact) mass is 427 g/mol. The molecule has 2 aliphatic rings. The number of carbonyl (C=O) groups is 3. The first-order valence-corrected chi connectivity index (χ1v) is 11.5. The lowest BCUT2D eigenvalue weighted by Gasteiger charge is -2.36. The maximum absolute atomic E-state index is 13.2. The van der Waals surface area contributed by atoms with Gasteiger partial charge in [-0.05, 0) is 43.2 Å². The molecule has 1 aromatic carbocycles. The summed E-state index contributed by atoms with van der Waals surface area (Å²) in [5, 5.41) is 3.00. The Hall–Kier alpha value is -2.37.